The molecular weight excluding hydrogens is 348 g/mol. The molecule has 28 heavy (non-hydrogen) atoms. The second kappa shape index (κ2) is 5.76. The van der Waals surface area contributed by atoms with Crippen LogP contribution in [0.4, 0.5) is 0 Å². The maximum Gasteiger partial charge on any atom is 0.235 e. The fourth-order valence-electron chi connectivity index (χ4n) is 9.96. The standard InChI is InChI=1S/C24H36N2O2/c1-14(21(25)27)22(28)26(23-8-15-2-16(9-23)4-17(3-15)10-23)24-11-18-5-19(12-24)7-20(6-18)13-24/h14-20H,2-13H2,1H3,(H2,25,27). The number of primary amides is 1. The van der Waals surface area contributed by atoms with Crippen molar-refractivity contribution in [1.82, 2.24) is 4.90 Å². The Morgan fingerprint density at radius 2 is 1.00 bits per heavy atom. The molecule has 8 fully saturated rings. The van der Waals surface area contributed by atoms with Crippen LogP contribution in [0.5, 0.6) is 0 Å². The van der Waals surface area contributed by atoms with Gasteiger partial charge in [0, 0.05) is 11.1 Å². The van der Waals surface area contributed by atoms with Crippen molar-refractivity contribution in [3.05, 3.63) is 0 Å². The molecule has 2 N–H and O–H groups in total. The molecule has 8 saturated carbocycles. The van der Waals surface area contributed by atoms with E-state index in [1.54, 1.807) is 6.92 Å². The lowest BCUT2D eigenvalue weighted by molar-refractivity contribution is -0.194. The van der Waals surface area contributed by atoms with E-state index in [0.29, 0.717) is 0 Å². The lowest BCUT2D eigenvalue weighted by atomic mass is 9.48. The summed E-state index contributed by atoms with van der Waals surface area (Å²) in [6.07, 6.45) is 15.4. The van der Waals surface area contributed by atoms with E-state index in [9.17, 15) is 9.59 Å². The number of nitrogens with zero attached hydrogens (tertiary/aromatic N) is 1. The monoisotopic (exact) mass is 384 g/mol. The molecule has 0 aromatic carbocycles. The average Bonchev–Trinajstić information content (AvgIpc) is 2.58. The molecule has 0 saturated heterocycles. The number of carbonyl (C=O) groups excluding carboxylic acids is 2. The van der Waals surface area contributed by atoms with Crippen molar-refractivity contribution in [3.63, 3.8) is 0 Å². The van der Waals surface area contributed by atoms with Crippen LogP contribution in [0, 0.1) is 41.4 Å². The van der Waals surface area contributed by atoms with Gasteiger partial charge in [-0.15, -0.1) is 0 Å². The molecule has 4 heteroatoms. The smallest absolute Gasteiger partial charge is 0.235 e. The summed E-state index contributed by atoms with van der Waals surface area (Å²) in [5.41, 5.74) is 5.73. The zero-order valence-corrected chi connectivity index (χ0v) is 17.4. The Balaban J connectivity index is 1.44. The Hall–Kier alpha value is -1.06. The van der Waals surface area contributed by atoms with Gasteiger partial charge in [-0.3, -0.25) is 9.59 Å². The summed E-state index contributed by atoms with van der Waals surface area (Å²) in [7, 11) is 0. The van der Waals surface area contributed by atoms with Crippen LogP contribution >= 0.6 is 0 Å². The predicted molar refractivity (Wildman–Crippen MR) is 107 cm³/mol. The molecule has 8 aliphatic rings. The maximum atomic E-state index is 13.9. The minimum Gasteiger partial charge on any atom is -0.369 e. The molecule has 0 aromatic heterocycles. The highest BCUT2D eigenvalue weighted by atomic mass is 16.2. The molecule has 1 atom stereocenters. The first-order chi connectivity index (χ1) is 13.4. The van der Waals surface area contributed by atoms with Crippen LogP contribution in [0.25, 0.3) is 0 Å². The van der Waals surface area contributed by atoms with E-state index < -0.39 is 11.8 Å². The number of nitrogens with two attached hydrogens (primary N) is 1. The van der Waals surface area contributed by atoms with Crippen molar-refractivity contribution < 1.29 is 9.59 Å². The van der Waals surface area contributed by atoms with Gasteiger partial charge in [-0.1, -0.05) is 0 Å². The summed E-state index contributed by atoms with van der Waals surface area (Å²) in [5.74, 6) is 3.79. The first kappa shape index (κ1) is 17.8. The molecule has 0 spiro atoms. The Labute approximate surface area is 169 Å². The van der Waals surface area contributed by atoms with Gasteiger partial charge < -0.3 is 10.6 Å². The molecule has 0 aliphatic heterocycles. The molecule has 4 nitrogen and oxygen atoms in total. The Morgan fingerprint density at radius 3 is 1.25 bits per heavy atom. The van der Waals surface area contributed by atoms with E-state index in [2.05, 4.69) is 4.90 Å². The van der Waals surface area contributed by atoms with E-state index in [1.807, 2.05) is 0 Å². The van der Waals surface area contributed by atoms with Crippen LogP contribution in [0.1, 0.15) is 84.0 Å². The van der Waals surface area contributed by atoms with Gasteiger partial charge >= 0.3 is 0 Å². The topological polar surface area (TPSA) is 63.4 Å². The fourth-order valence-corrected chi connectivity index (χ4v) is 9.96. The molecule has 0 aromatic rings. The van der Waals surface area contributed by atoms with Crippen molar-refractivity contribution in [2.45, 2.75) is 95.1 Å². The Kier molecular flexibility index (Phi) is 3.65. The highest BCUT2D eigenvalue weighted by molar-refractivity contribution is 5.99. The molecule has 2 amide bonds. The second-order valence-electron chi connectivity index (χ2n) is 12.1. The van der Waals surface area contributed by atoms with Crippen molar-refractivity contribution in [1.29, 1.82) is 0 Å². The first-order valence-corrected chi connectivity index (χ1v) is 12.0. The number of amides is 2. The lowest BCUT2D eigenvalue weighted by Gasteiger charge is -2.69. The van der Waals surface area contributed by atoms with Crippen LogP contribution in [-0.2, 0) is 9.59 Å². The number of carbonyl (C=O) groups is 2. The molecule has 8 rings (SSSR count). The van der Waals surface area contributed by atoms with Crippen LogP contribution in [0.15, 0.2) is 0 Å². The highest BCUT2D eigenvalue weighted by Crippen LogP contribution is 2.64. The third-order valence-corrected chi connectivity index (χ3v) is 9.98. The third kappa shape index (κ3) is 2.41. The highest BCUT2D eigenvalue weighted by Gasteiger charge is 2.63. The van der Waals surface area contributed by atoms with Crippen LogP contribution in [-0.4, -0.2) is 27.8 Å². The van der Waals surface area contributed by atoms with Crippen molar-refractivity contribution >= 4 is 11.8 Å². The fraction of sp³-hybridized carbons (Fsp3) is 0.917. The number of hydrogen-bond donors (Lipinski definition) is 1. The minimum atomic E-state index is -0.680. The van der Waals surface area contributed by atoms with Gasteiger partial charge in [-0.05, 0) is 119 Å². The average molecular weight is 385 g/mol. The number of rotatable bonds is 4. The maximum absolute atomic E-state index is 13.9. The summed E-state index contributed by atoms with van der Waals surface area (Å²) in [6.45, 7) is 1.76. The van der Waals surface area contributed by atoms with Crippen LogP contribution < -0.4 is 5.73 Å². The van der Waals surface area contributed by atoms with Gasteiger partial charge in [-0.2, -0.15) is 0 Å². The van der Waals surface area contributed by atoms with E-state index in [1.165, 1.54) is 77.0 Å². The molecule has 154 valence electrons. The van der Waals surface area contributed by atoms with Crippen LogP contribution in [0.3, 0.4) is 0 Å². The van der Waals surface area contributed by atoms with E-state index in [0.717, 1.165) is 35.5 Å². The molecule has 0 radical (unpaired) electrons. The van der Waals surface area contributed by atoms with Gasteiger partial charge in [0.05, 0.1) is 0 Å². The summed E-state index contributed by atoms with van der Waals surface area (Å²) < 4.78 is 0. The van der Waals surface area contributed by atoms with Crippen molar-refractivity contribution in [2.24, 2.45) is 47.2 Å². The van der Waals surface area contributed by atoms with E-state index in [-0.39, 0.29) is 17.0 Å². The Bertz CT molecular complexity index is 599. The SMILES string of the molecule is CC(C(N)=O)C(=O)N(C12CC3CC(CC(C3)C1)C2)C12CC3CC(CC(C3)C1)C2. The Morgan fingerprint density at radius 1 is 0.714 bits per heavy atom. The van der Waals surface area contributed by atoms with Crippen LogP contribution in [0.2, 0.25) is 0 Å². The predicted octanol–water partition coefficient (Wildman–Crippen LogP) is 3.87. The largest absolute Gasteiger partial charge is 0.369 e. The quantitative estimate of drug-likeness (QED) is 0.748. The van der Waals surface area contributed by atoms with Gasteiger partial charge in [0.25, 0.3) is 0 Å². The van der Waals surface area contributed by atoms with Gasteiger partial charge in [-0.25, -0.2) is 0 Å². The molecular formula is C24H36N2O2. The van der Waals surface area contributed by atoms with Crippen molar-refractivity contribution in [3.8, 4) is 0 Å². The minimum absolute atomic E-state index is 0.0290. The molecule has 0 heterocycles. The molecule has 1 unspecified atom stereocenters. The third-order valence-electron chi connectivity index (χ3n) is 9.98. The summed E-state index contributed by atoms with van der Waals surface area (Å²) >= 11 is 0. The van der Waals surface area contributed by atoms with Gasteiger partial charge in [0.2, 0.25) is 11.8 Å². The van der Waals surface area contributed by atoms with Gasteiger partial charge in [0.15, 0.2) is 0 Å². The summed E-state index contributed by atoms with van der Waals surface area (Å²) in [5, 5.41) is 0. The number of hydrogen-bond acceptors (Lipinski definition) is 2. The normalized spacial score (nSPS) is 51.3. The van der Waals surface area contributed by atoms with Gasteiger partial charge in [0.1, 0.15) is 5.92 Å². The zero-order valence-electron chi connectivity index (χ0n) is 17.4. The molecule has 8 aliphatic carbocycles. The molecule has 8 bridgehead atoms. The second-order valence-corrected chi connectivity index (χ2v) is 12.1. The zero-order chi connectivity index (χ0) is 19.3. The van der Waals surface area contributed by atoms with E-state index >= 15 is 0 Å². The first-order valence-electron chi connectivity index (χ1n) is 12.0. The van der Waals surface area contributed by atoms with E-state index in [4.69, 9.17) is 5.73 Å². The summed E-state index contributed by atoms with van der Waals surface area (Å²) in [4.78, 5) is 28.4. The summed E-state index contributed by atoms with van der Waals surface area (Å²) in [6, 6.07) is 0. The lowest BCUT2D eigenvalue weighted by Crippen LogP contribution is -2.72. The van der Waals surface area contributed by atoms with Crippen molar-refractivity contribution in [2.75, 3.05) is 0 Å².